The Bertz CT molecular complexity index is 425. The van der Waals surface area contributed by atoms with Crippen LogP contribution in [0.15, 0.2) is 6.20 Å². The third-order valence-corrected chi connectivity index (χ3v) is 4.03. The molecule has 1 aliphatic heterocycles. The highest BCUT2D eigenvalue weighted by molar-refractivity contribution is 6.31. The predicted octanol–water partition coefficient (Wildman–Crippen LogP) is 1.17. The van der Waals surface area contributed by atoms with Gasteiger partial charge in [0.1, 0.15) is 0 Å². The van der Waals surface area contributed by atoms with Crippen molar-refractivity contribution in [3.63, 3.8) is 0 Å². The van der Waals surface area contributed by atoms with Gasteiger partial charge in [0.25, 0.3) is 0 Å². The zero-order valence-corrected chi connectivity index (χ0v) is 12.9. The first-order valence-corrected chi connectivity index (χ1v) is 7.60. The number of aryl methyl sites for hydroxylation is 1. The lowest BCUT2D eigenvalue weighted by Gasteiger charge is -2.36. The van der Waals surface area contributed by atoms with Crippen LogP contribution < -0.4 is 11.3 Å². The number of ether oxygens (including phenoxy) is 1. The van der Waals surface area contributed by atoms with Crippen LogP contribution in [-0.4, -0.2) is 47.0 Å². The first kappa shape index (κ1) is 15.7. The van der Waals surface area contributed by atoms with Crippen LogP contribution in [0, 0.1) is 0 Å². The van der Waals surface area contributed by atoms with Crippen molar-refractivity contribution < 1.29 is 4.74 Å². The Balaban J connectivity index is 2.21. The molecule has 3 N–H and O–H groups in total. The van der Waals surface area contributed by atoms with E-state index in [1.54, 1.807) is 6.20 Å². The Hall–Kier alpha value is -0.660. The van der Waals surface area contributed by atoms with Crippen molar-refractivity contribution >= 4 is 11.6 Å². The summed E-state index contributed by atoms with van der Waals surface area (Å²) < 4.78 is 7.81. The fourth-order valence-electron chi connectivity index (χ4n) is 2.65. The lowest BCUT2D eigenvalue weighted by atomic mass is 10.1. The molecule has 7 heteroatoms. The van der Waals surface area contributed by atoms with Gasteiger partial charge in [-0.25, -0.2) is 5.43 Å². The van der Waals surface area contributed by atoms with E-state index in [2.05, 4.69) is 29.3 Å². The molecule has 1 fully saturated rings. The van der Waals surface area contributed by atoms with Crippen LogP contribution in [0.25, 0.3) is 0 Å². The molecule has 2 atom stereocenters. The number of halogens is 1. The number of nitrogens with one attached hydrogen (secondary N) is 1. The number of hydrazine groups is 1. The third kappa shape index (κ3) is 3.32. The summed E-state index contributed by atoms with van der Waals surface area (Å²) in [5.41, 5.74) is 3.78. The van der Waals surface area contributed by atoms with Crippen molar-refractivity contribution in [2.45, 2.75) is 39.0 Å². The molecule has 0 spiro atoms. The Kier molecular flexibility index (Phi) is 5.80. The van der Waals surface area contributed by atoms with Gasteiger partial charge in [-0.05, 0) is 13.0 Å². The minimum Gasteiger partial charge on any atom is -0.373 e. The van der Waals surface area contributed by atoms with E-state index >= 15 is 0 Å². The van der Waals surface area contributed by atoms with Crippen molar-refractivity contribution in [1.29, 1.82) is 0 Å². The first-order valence-electron chi connectivity index (χ1n) is 7.22. The van der Waals surface area contributed by atoms with E-state index in [0.717, 1.165) is 44.9 Å². The summed E-state index contributed by atoms with van der Waals surface area (Å²) in [5, 5.41) is 4.97. The van der Waals surface area contributed by atoms with Crippen molar-refractivity contribution in [3.05, 3.63) is 16.9 Å². The number of hydrogen-bond acceptors (Lipinski definition) is 5. The van der Waals surface area contributed by atoms with Crippen LogP contribution in [0.4, 0.5) is 0 Å². The number of aromatic nitrogens is 2. The van der Waals surface area contributed by atoms with E-state index in [4.69, 9.17) is 22.2 Å². The van der Waals surface area contributed by atoms with Gasteiger partial charge >= 0.3 is 0 Å². The van der Waals surface area contributed by atoms with E-state index in [-0.39, 0.29) is 12.1 Å². The average molecular weight is 302 g/mol. The number of nitrogens with zero attached hydrogens (tertiary/aromatic N) is 3. The molecular formula is C13H24ClN5O. The molecule has 2 heterocycles. The molecule has 6 nitrogen and oxygen atoms in total. The zero-order valence-electron chi connectivity index (χ0n) is 12.2. The summed E-state index contributed by atoms with van der Waals surface area (Å²) in [4.78, 5) is 2.35. The van der Waals surface area contributed by atoms with Crippen molar-refractivity contribution in [2.75, 3.05) is 26.2 Å². The summed E-state index contributed by atoms with van der Waals surface area (Å²) in [5.74, 6) is 5.77. The summed E-state index contributed by atoms with van der Waals surface area (Å²) in [6, 6.07) is -0.147. The van der Waals surface area contributed by atoms with Crippen LogP contribution in [0.2, 0.25) is 5.02 Å². The average Bonchev–Trinajstić information content (AvgIpc) is 2.82. The summed E-state index contributed by atoms with van der Waals surface area (Å²) in [7, 11) is 0. The van der Waals surface area contributed by atoms with Gasteiger partial charge in [-0.2, -0.15) is 5.10 Å². The number of rotatable bonds is 6. The van der Waals surface area contributed by atoms with Gasteiger partial charge in [0.15, 0.2) is 0 Å². The number of nitrogens with two attached hydrogens (primary N) is 1. The smallest absolute Gasteiger partial charge is 0.0925 e. The molecule has 0 aliphatic carbocycles. The highest BCUT2D eigenvalue weighted by Crippen LogP contribution is 2.28. The molecule has 0 amide bonds. The molecule has 0 bridgehead atoms. The molecule has 0 aromatic carbocycles. The summed E-state index contributed by atoms with van der Waals surface area (Å²) >= 11 is 6.30. The van der Waals surface area contributed by atoms with Gasteiger partial charge in [-0.15, -0.1) is 0 Å². The van der Waals surface area contributed by atoms with Gasteiger partial charge in [-0.1, -0.05) is 25.4 Å². The Morgan fingerprint density at radius 2 is 2.40 bits per heavy atom. The fourth-order valence-corrected chi connectivity index (χ4v) is 2.91. The van der Waals surface area contributed by atoms with E-state index in [1.807, 2.05) is 4.68 Å². The molecular weight excluding hydrogens is 278 g/mol. The molecule has 2 rings (SSSR count). The quantitative estimate of drug-likeness (QED) is 0.610. The van der Waals surface area contributed by atoms with Crippen LogP contribution in [0.1, 0.15) is 32.0 Å². The van der Waals surface area contributed by atoms with E-state index < -0.39 is 0 Å². The van der Waals surface area contributed by atoms with Crippen LogP contribution in [-0.2, 0) is 11.3 Å². The largest absolute Gasteiger partial charge is 0.373 e. The molecule has 1 aliphatic rings. The van der Waals surface area contributed by atoms with Gasteiger partial charge in [0, 0.05) is 19.6 Å². The van der Waals surface area contributed by atoms with Crippen molar-refractivity contribution in [1.82, 2.24) is 20.1 Å². The van der Waals surface area contributed by atoms with E-state index in [9.17, 15) is 0 Å². The molecule has 1 aromatic heterocycles. The predicted molar refractivity (Wildman–Crippen MR) is 79.4 cm³/mol. The van der Waals surface area contributed by atoms with Crippen molar-refractivity contribution in [2.24, 2.45) is 5.84 Å². The standard InChI is InChI=1S/C13H24ClN5O/c1-3-5-19-13(10(14)8-16-19)12(17-15)11-9-18(4-2)6-7-20-11/h8,11-12,17H,3-7,9,15H2,1-2H3. The Morgan fingerprint density at radius 3 is 3.05 bits per heavy atom. The maximum absolute atomic E-state index is 6.30. The Morgan fingerprint density at radius 1 is 1.60 bits per heavy atom. The second-order valence-electron chi connectivity index (χ2n) is 5.05. The molecule has 114 valence electrons. The SMILES string of the molecule is CCCn1ncc(Cl)c1C(NN)C1CN(CC)CCO1. The molecule has 0 saturated carbocycles. The second-order valence-corrected chi connectivity index (χ2v) is 5.45. The minimum absolute atomic E-state index is 0.0153. The van der Waals surface area contributed by atoms with Gasteiger partial charge in [-0.3, -0.25) is 15.4 Å². The van der Waals surface area contributed by atoms with Gasteiger partial charge in [0.2, 0.25) is 0 Å². The van der Waals surface area contributed by atoms with Crippen LogP contribution in [0.5, 0.6) is 0 Å². The monoisotopic (exact) mass is 301 g/mol. The molecule has 2 unspecified atom stereocenters. The van der Waals surface area contributed by atoms with Gasteiger partial charge < -0.3 is 4.74 Å². The minimum atomic E-state index is -0.147. The van der Waals surface area contributed by atoms with E-state index in [0.29, 0.717) is 5.02 Å². The highest BCUT2D eigenvalue weighted by atomic mass is 35.5. The lowest BCUT2D eigenvalue weighted by Crippen LogP contribution is -2.50. The number of hydrogen-bond donors (Lipinski definition) is 2. The highest BCUT2D eigenvalue weighted by Gasteiger charge is 2.31. The topological polar surface area (TPSA) is 68.3 Å². The summed E-state index contributed by atoms with van der Waals surface area (Å²) in [6.07, 6.45) is 2.66. The molecule has 1 aromatic rings. The third-order valence-electron chi connectivity index (χ3n) is 3.74. The number of likely N-dealkylation sites (N-methyl/N-ethyl adjacent to an activating group) is 1. The lowest BCUT2D eigenvalue weighted by molar-refractivity contribution is -0.0470. The fraction of sp³-hybridized carbons (Fsp3) is 0.769. The van der Waals surface area contributed by atoms with Crippen molar-refractivity contribution in [3.8, 4) is 0 Å². The maximum atomic E-state index is 6.30. The van der Waals surface area contributed by atoms with Crippen LogP contribution >= 0.6 is 11.6 Å². The Labute approximate surface area is 125 Å². The zero-order chi connectivity index (χ0) is 14.5. The van der Waals surface area contributed by atoms with Crippen LogP contribution in [0.3, 0.4) is 0 Å². The summed E-state index contributed by atoms with van der Waals surface area (Å²) in [6.45, 7) is 8.63. The van der Waals surface area contributed by atoms with Gasteiger partial charge in [0.05, 0.1) is 35.7 Å². The molecule has 1 saturated heterocycles. The normalized spacial score (nSPS) is 22.1. The molecule has 20 heavy (non-hydrogen) atoms. The first-order chi connectivity index (χ1) is 9.71. The number of morpholine rings is 1. The second kappa shape index (κ2) is 7.38. The van der Waals surface area contributed by atoms with E-state index in [1.165, 1.54) is 0 Å². The molecule has 0 radical (unpaired) electrons. The maximum Gasteiger partial charge on any atom is 0.0925 e.